The fourth-order valence-electron chi connectivity index (χ4n) is 2.50. The number of hydrogen-bond donors (Lipinski definition) is 1. The van der Waals surface area contributed by atoms with Crippen LogP contribution >= 0.6 is 15.9 Å². The number of amides is 1. The fraction of sp³-hybridized carbons (Fsp3) is 0.118. The first-order valence-corrected chi connectivity index (χ1v) is 7.47. The molecule has 2 aromatic rings. The van der Waals surface area contributed by atoms with Gasteiger partial charge in [-0.05, 0) is 24.3 Å². The second-order valence-corrected chi connectivity index (χ2v) is 5.70. The highest BCUT2D eigenvalue weighted by Crippen LogP contribution is 2.39. The predicted molar refractivity (Wildman–Crippen MR) is 90.2 cm³/mol. The van der Waals surface area contributed by atoms with Gasteiger partial charge in [0, 0.05) is 26.9 Å². The molecule has 0 aliphatic carbocycles. The summed E-state index contributed by atoms with van der Waals surface area (Å²) in [7, 11) is 3.16. The Morgan fingerprint density at radius 3 is 2.64 bits per heavy atom. The minimum absolute atomic E-state index is 0.123. The maximum absolute atomic E-state index is 12.2. The molecule has 1 heterocycles. The van der Waals surface area contributed by atoms with Crippen molar-refractivity contribution >= 4 is 39.2 Å². The van der Waals surface area contributed by atoms with Gasteiger partial charge in [-0.15, -0.1) is 0 Å². The number of rotatable bonds is 3. The van der Waals surface area contributed by atoms with Crippen molar-refractivity contribution in [3.8, 4) is 11.5 Å². The number of hydrogen-bond acceptors (Lipinski definition) is 3. The van der Waals surface area contributed by atoms with Gasteiger partial charge in [-0.3, -0.25) is 4.79 Å². The Kier molecular flexibility index (Phi) is 3.90. The van der Waals surface area contributed by atoms with E-state index in [2.05, 4.69) is 21.2 Å². The molecule has 0 bridgehead atoms. The summed E-state index contributed by atoms with van der Waals surface area (Å²) in [5.41, 5.74) is 3.08. The Morgan fingerprint density at radius 2 is 1.91 bits per heavy atom. The average molecular weight is 360 g/mol. The van der Waals surface area contributed by atoms with Gasteiger partial charge in [-0.25, -0.2) is 0 Å². The maximum atomic E-state index is 12.2. The standard InChI is InChI=1S/C17H14BrNO3/c1-21-15-9-11(18)7-10(16(15)22-2)8-13-12-5-3-4-6-14(12)19-17(13)20/h3-9H,1-2H3,(H,19,20)/b13-8+. The molecule has 1 aliphatic rings. The smallest absolute Gasteiger partial charge is 0.256 e. The summed E-state index contributed by atoms with van der Waals surface area (Å²) in [6.07, 6.45) is 1.81. The zero-order valence-corrected chi connectivity index (χ0v) is 13.7. The minimum atomic E-state index is -0.123. The summed E-state index contributed by atoms with van der Waals surface area (Å²) >= 11 is 3.45. The van der Waals surface area contributed by atoms with Gasteiger partial charge >= 0.3 is 0 Å². The second-order valence-electron chi connectivity index (χ2n) is 4.79. The number of carbonyl (C=O) groups excluding carboxylic acids is 1. The van der Waals surface area contributed by atoms with Crippen LogP contribution in [0, 0.1) is 0 Å². The lowest BCUT2D eigenvalue weighted by atomic mass is 10.0. The minimum Gasteiger partial charge on any atom is -0.493 e. The van der Waals surface area contributed by atoms with Crippen LogP contribution in [0.1, 0.15) is 11.1 Å². The van der Waals surface area contributed by atoms with Gasteiger partial charge in [-0.1, -0.05) is 34.1 Å². The van der Waals surface area contributed by atoms with E-state index in [9.17, 15) is 4.79 Å². The van der Waals surface area contributed by atoms with Crippen LogP contribution in [0.25, 0.3) is 11.6 Å². The third-order valence-corrected chi connectivity index (χ3v) is 3.94. The molecular formula is C17H14BrNO3. The summed E-state index contributed by atoms with van der Waals surface area (Å²) in [5, 5.41) is 2.86. The lowest BCUT2D eigenvalue weighted by Crippen LogP contribution is -2.03. The van der Waals surface area contributed by atoms with Crippen molar-refractivity contribution in [3.63, 3.8) is 0 Å². The van der Waals surface area contributed by atoms with E-state index >= 15 is 0 Å². The topological polar surface area (TPSA) is 47.6 Å². The molecule has 0 radical (unpaired) electrons. The molecule has 1 N–H and O–H groups in total. The molecular weight excluding hydrogens is 346 g/mol. The fourth-order valence-corrected chi connectivity index (χ4v) is 2.96. The molecule has 2 aromatic carbocycles. The van der Waals surface area contributed by atoms with Crippen LogP contribution in [0.4, 0.5) is 5.69 Å². The average Bonchev–Trinajstić information content (AvgIpc) is 2.83. The molecule has 0 fully saturated rings. The van der Waals surface area contributed by atoms with Crippen molar-refractivity contribution in [3.05, 3.63) is 52.0 Å². The molecule has 5 heteroatoms. The Balaban J connectivity index is 2.17. The number of fused-ring (bicyclic) bond motifs is 1. The van der Waals surface area contributed by atoms with Crippen molar-refractivity contribution < 1.29 is 14.3 Å². The number of anilines is 1. The molecule has 3 rings (SSSR count). The van der Waals surface area contributed by atoms with Gasteiger partial charge in [0.1, 0.15) is 0 Å². The van der Waals surface area contributed by atoms with Gasteiger partial charge in [0.2, 0.25) is 0 Å². The number of para-hydroxylation sites is 1. The molecule has 0 saturated heterocycles. The van der Waals surface area contributed by atoms with Gasteiger partial charge in [0.25, 0.3) is 5.91 Å². The number of ether oxygens (including phenoxy) is 2. The van der Waals surface area contributed by atoms with Crippen LogP contribution in [0.3, 0.4) is 0 Å². The highest BCUT2D eigenvalue weighted by Gasteiger charge is 2.24. The third-order valence-electron chi connectivity index (χ3n) is 3.48. The second kappa shape index (κ2) is 5.85. The number of benzene rings is 2. The van der Waals surface area contributed by atoms with Gasteiger partial charge in [0.05, 0.1) is 14.2 Å². The monoisotopic (exact) mass is 359 g/mol. The third kappa shape index (κ3) is 2.48. The van der Waals surface area contributed by atoms with E-state index in [4.69, 9.17) is 9.47 Å². The molecule has 0 aromatic heterocycles. The number of carbonyl (C=O) groups is 1. The summed E-state index contributed by atoms with van der Waals surface area (Å²) in [6, 6.07) is 11.3. The van der Waals surface area contributed by atoms with Crippen LogP contribution < -0.4 is 14.8 Å². The zero-order valence-electron chi connectivity index (χ0n) is 12.1. The first-order valence-electron chi connectivity index (χ1n) is 6.68. The molecule has 0 unspecified atom stereocenters. The molecule has 22 heavy (non-hydrogen) atoms. The van der Waals surface area contributed by atoms with Crippen molar-refractivity contribution in [1.82, 2.24) is 0 Å². The normalized spacial score (nSPS) is 14.7. The van der Waals surface area contributed by atoms with E-state index in [1.165, 1.54) is 0 Å². The Bertz CT molecular complexity index is 783. The molecule has 1 aliphatic heterocycles. The number of halogens is 1. The quantitative estimate of drug-likeness (QED) is 0.843. The first kappa shape index (κ1) is 14.7. The van der Waals surface area contributed by atoms with Crippen LogP contribution in [0.5, 0.6) is 11.5 Å². The van der Waals surface area contributed by atoms with Crippen LogP contribution in [0.15, 0.2) is 40.9 Å². The zero-order chi connectivity index (χ0) is 15.7. The highest BCUT2D eigenvalue weighted by atomic mass is 79.9. The maximum Gasteiger partial charge on any atom is 0.256 e. The van der Waals surface area contributed by atoms with E-state index < -0.39 is 0 Å². The van der Waals surface area contributed by atoms with E-state index in [-0.39, 0.29) is 5.91 Å². The van der Waals surface area contributed by atoms with Crippen LogP contribution in [-0.4, -0.2) is 20.1 Å². The van der Waals surface area contributed by atoms with Gasteiger partial charge in [0.15, 0.2) is 11.5 Å². The molecule has 0 spiro atoms. The summed E-state index contributed by atoms with van der Waals surface area (Å²) in [5.74, 6) is 1.08. The van der Waals surface area contributed by atoms with E-state index in [1.807, 2.05) is 42.5 Å². The summed E-state index contributed by atoms with van der Waals surface area (Å²) < 4.78 is 11.6. The molecule has 4 nitrogen and oxygen atoms in total. The van der Waals surface area contributed by atoms with Crippen LogP contribution in [0.2, 0.25) is 0 Å². The van der Waals surface area contributed by atoms with Crippen molar-refractivity contribution in [2.45, 2.75) is 0 Å². The molecule has 1 amide bonds. The van der Waals surface area contributed by atoms with Gasteiger partial charge < -0.3 is 14.8 Å². The van der Waals surface area contributed by atoms with Gasteiger partial charge in [-0.2, -0.15) is 0 Å². The molecule has 0 saturated carbocycles. The summed E-state index contributed by atoms with van der Waals surface area (Å²) in [6.45, 7) is 0. The lowest BCUT2D eigenvalue weighted by molar-refractivity contribution is -0.110. The van der Waals surface area contributed by atoms with Crippen molar-refractivity contribution in [1.29, 1.82) is 0 Å². The predicted octanol–water partition coefficient (Wildman–Crippen LogP) is 3.96. The lowest BCUT2D eigenvalue weighted by Gasteiger charge is -2.11. The Morgan fingerprint density at radius 1 is 1.14 bits per heavy atom. The SMILES string of the molecule is COc1cc(Br)cc(/C=C2/C(=O)Nc3ccccc32)c1OC. The van der Waals surface area contributed by atoms with Crippen LogP contribution in [-0.2, 0) is 4.79 Å². The highest BCUT2D eigenvalue weighted by molar-refractivity contribution is 9.10. The van der Waals surface area contributed by atoms with Crippen molar-refractivity contribution in [2.75, 3.05) is 19.5 Å². The Labute approximate surface area is 136 Å². The Hall–Kier alpha value is -2.27. The molecule has 112 valence electrons. The molecule has 0 atom stereocenters. The largest absolute Gasteiger partial charge is 0.493 e. The summed E-state index contributed by atoms with van der Waals surface area (Å²) in [4.78, 5) is 12.2. The number of methoxy groups -OCH3 is 2. The van der Waals surface area contributed by atoms with E-state index in [0.717, 1.165) is 21.3 Å². The van der Waals surface area contributed by atoms with E-state index in [0.29, 0.717) is 17.1 Å². The van der Waals surface area contributed by atoms with E-state index in [1.54, 1.807) is 14.2 Å². The first-order chi connectivity index (χ1) is 10.6. The number of nitrogens with one attached hydrogen (secondary N) is 1. The van der Waals surface area contributed by atoms with Crippen molar-refractivity contribution in [2.24, 2.45) is 0 Å².